The zero-order chi connectivity index (χ0) is 15.0. The summed E-state index contributed by atoms with van der Waals surface area (Å²) in [5.74, 6) is 0.272. The van der Waals surface area contributed by atoms with Gasteiger partial charge < -0.3 is 5.32 Å². The minimum Gasteiger partial charge on any atom is -0.314 e. The van der Waals surface area contributed by atoms with Crippen LogP contribution in [0.15, 0.2) is 18.5 Å². The van der Waals surface area contributed by atoms with Gasteiger partial charge in [0.05, 0.1) is 5.39 Å². The molecule has 3 aromatic rings. The van der Waals surface area contributed by atoms with Crippen LogP contribution in [0.1, 0.15) is 5.01 Å². The van der Waals surface area contributed by atoms with Crippen LogP contribution in [0, 0.1) is 0 Å². The van der Waals surface area contributed by atoms with Gasteiger partial charge in [0.25, 0.3) is 0 Å². The molecule has 0 saturated carbocycles. The highest BCUT2D eigenvalue weighted by Gasteiger charge is 2.35. The summed E-state index contributed by atoms with van der Waals surface area (Å²) >= 11 is 6.13. The third-order valence-electron chi connectivity index (χ3n) is 2.36. The average Bonchev–Trinajstić information content (AvgIpc) is 2.87. The Morgan fingerprint density at radius 2 is 1.95 bits per heavy atom. The summed E-state index contributed by atoms with van der Waals surface area (Å²) < 4.78 is 37.4. The van der Waals surface area contributed by atoms with Crippen LogP contribution in [0.2, 0.25) is 5.15 Å². The second kappa shape index (κ2) is 5.04. The van der Waals surface area contributed by atoms with E-state index in [0.29, 0.717) is 22.4 Å². The van der Waals surface area contributed by atoms with Crippen molar-refractivity contribution in [2.45, 2.75) is 6.18 Å². The van der Waals surface area contributed by atoms with Crippen molar-refractivity contribution in [2.24, 2.45) is 0 Å². The van der Waals surface area contributed by atoms with Crippen LogP contribution in [0.4, 0.5) is 24.1 Å². The highest BCUT2D eigenvalue weighted by molar-refractivity contribution is 7.15. The summed E-state index contributed by atoms with van der Waals surface area (Å²) in [6.45, 7) is 0. The Balaban J connectivity index is 1.97. The first-order chi connectivity index (χ1) is 9.93. The van der Waals surface area contributed by atoms with Crippen molar-refractivity contribution in [1.29, 1.82) is 0 Å². The molecule has 0 aliphatic heterocycles. The van der Waals surface area contributed by atoms with Crippen LogP contribution in [0.3, 0.4) is 0 Å². The summed E-state index contributed by atoms with van der Waals surface area (Å²) in [5.41, 5.74) is 0.320. The molecule has 0 aliphatic rings. The van der Waals surface area contributed by atoms with E-state index < -0.39 is 11.2 Å². The van der Waals surface area contributed by atoms with Crippen LogP contribution >= 0.6 is 22.9 Å². The summed E-state index contributed by atoms with van der Waals surface area (Å²) in [6.07, 6.45) is -3.31. The lowest BCUT2D eigenvalue weighted by Gasteiger charge is -2.04. The van der Waals surface area contributed by atoms with Gasteiger partial charge in [0.15, 0.2) is 5.65 Å². The number of hydrogen-bond donors (Lipinski definition) is 1. The SMILES string of the molecule is FC(F)(F)c1nnc(Nc2ncnc3nc(Cl)ccc23)s1. The van der Waals surface area contributed by atoms with E-state index >= 15 is 0 Å². The van der Waals surface area contributed by atoms with Crippen molar-refractivity contribution in [3.8, 4) is 0 Å². The lowest BCUT2D eigenvalue weighted by molar-refractivity contribution is -0.138. The molecule has 3 heterocycles. The first-order valence-corrected chi connectivity index (χ1v) is 6.58. The molecule has 0 amide bonds. The third-order valence-corrected chi connectivity index (χ3v) is 3.45. The molecule has 3 aromatic heterocycles. The highest BCUT2D eigenvalue weighted by atomic mass is 35.5. The molecule has 0 aromatic carbocycles. The van der Waals surface area contributed by atoms with E-state index in [1.54, 1.807) is 6.07 Å². The van der Waals surface area contributed by atoms with Crippen LogP contribution in [0.5, 0.6) is 0 Å². The molecule has 1 N–H and O–H groups in total. The van der Waals surface area contributed by atoms with Gasteiger partial charge in [-0.2, -0.15) is 13.2 Å². The first kappa shape index (κ1) is 13.9. The normalized spacial score (nSPS) is 11.8. The zero-order valence-corrected chi connectivity index (χ0v) is 11.5. The smallest absolute Gasteiger partial charge is 0.314 e. The maximum atomic E-state index is 12.5. The Kier molecular flexibility index (Phi) is 3.33. The zero-order valence-electron chi connectivity index (χ0n) is 9.89. The molecular weight excluding hydrogens is 329 g/mol. The fourth-order valence-corrected chi connectivity index (χ4v) is 2.26. The average molecular weight is 333 g/mol. The van der Waals surface area contributed by atoms with Gasteiger partial charge in [-0.25, -0.2) is 15.0 Å². The number of nitrogens with one attached hydrogen (secondary N) is 1. The lowest BCUT2D eigenvalue weighted by atomic mass is 10.3. The molecule has 6 nitrogen and oxygen atoms in total. The predicted molar refractivity (Wildman–Crippen MR) is 70.5 cm³/mol. The van der Waals surface area contributed by atoms with Crippen LogP contribution in [0.25, 0.3) is 11.0 Å². The molecule has 21 heavy (non-hydrogen) atoms. The van der Waals surface area contributed by atoms with E-state index in [9.17, 15) is 13.2 Å². The summed E-state index contributed by atoms with van der Waals surface area (Å²) in [7, 11) is 0. The summed E-state index contributed by atoms with van der Waals surface area (Å²) in [5, 5.41) is 8.87. The van der Waals surface area contributed by atoms with E-state index in [0.717, 1.165) is 0 Å². The van der Waals surface area contributed by atoms with E-state index in [1.165, 1.54) is 12.4 Å². The molecule has 0 spiro atoms. The Morgan fingerprint density at radius 3 is 2.67 bits per heavy atom. The second-order valence-electron chi connectivity index (χ2n) is 3.76. The minimum atomic E-state index is -4.53. The molecule has 3 rings (SSSR count). The number of alkyl halides is 3. The van der Waals surface area contributed by atoms with Crippen molar-refractivity contribution in [3.63, 3.8) is 0 Å². The van der Waals surface area contributed by atoms with E-state index in [-0.39, 0.29) is 16.1 Å². The van der Waals surface area contributed by atoms with Gasteiger partial charge in [-0.1, -0.05) is 22.9 Å². The molecule has 11 heteroatoms. The number of hydrogen-bond acceptors (Lipinski definition) is 7. The fraction of sp³-hybridized carbons (Fsp3) is 0.100. The van der Waals surface area contributed by atoms with E-state index in [2.05, 4.69) is 30.5 Å². The van der Waals surface area contributed by atoms with Gasteiger partial charge >= 0.3 is 6.18 Å². The maximum Gasteiger partial charge on any atom is 0.445 e. The van der Waals surface area contributed by atoms with Crippen LogP contribution in [-0.4, -0.2) is 25.1 Å². The quantitative estimate of drug-likeness (QED) is 0.726. The number of anilines is 2. The van der Waals surface area contributed by atoms with E-state index in [4.69, 9.17) is 11.6 Å². The summed E-state index contributed by atoms with van der Waals surface area (Å²) in [4.78, 5) is 11.9. The molecule has 0 radical (unpaired) electrons. The van der Waals surface area contributed by atoms with Crippen molar-refractivity contribution in [3.05, 3.63) is 28.6 Å². The molecule has 0 bridgehead atoms. The van der Waals surface area contributed by atoms with Gasteiger partial charge in [0.1, 0.15) is 17.3 Å². The van der Waals surface area contributed by atoms with Crippen molar-refractivity contribution in [1.82, 2.24) is 25.1 Å². The largest absolute Gasteiger partial charge is 0.445 e. The Bertz CT molecular complexity index is 805. The summed E-state index contributed by atoms with van der Waals surface area (Å²) in [6, 6.07) is 3.14. The fourth-order valence-electron chi connectivity index (χ4n) is 1.51. The second-order valence-corrected chi connectivity index (χ2v) is 5.13. The molecule has 0 unspecified atom stereocenters. The molecule has 108 valence electrons. The van der Waals surface area contributed by atoms with Crippen molar-refractivity contribution in [2.75, 3.05) is 5.32 Å². The number of nitrogens with zero attached hydrogens (tertiary/aromatic N) is 5. The monoisotopic (exact) mass is 332 g/mol. The Morgan fingerprint density at radius 1 is 1.14 bits per heavy atom. The maximum absolute atomic E-state index is 12.5. The molecule has 0 fully saturated rings. The number of aromatic nitrogens is 5. The standard InChI is InChI=1S/C10H4ClF3N6S/c11-5-2-1-4-6(17-5)15-3-16-7(4)18-9-20-19-8(21-9)10(12,13)14/h1-3H,(H,15,16,17,18,20). The Hall–Kier alpha value is -2.07. The minimum absolute atomic E-state index is 0.0303. The topological polar surface area (TPSA) is 76.5 Å². The Labute approximate surface area is 124 Å². The third kappa shape index (κ3) is 2.85. The van der Waals surface area contributed by atoms with Crippen LogP contribution in [-0.2, 0) is 6.18 Å². The number of pyridine rings is 1. The van der Waals surface area contributed by atoms with Crippen molar-refractivity contribution < 1.29 is 13.2 Å². The molecule has 0 saturated heterocycles. The van der Waals surface area contributed by atoms with Gasteiger partial charge in [-0.15, -0.1) is 10.2 Å². The highest BCUT2D eigenvalue weighted by Crippen LogP contribution is 2.34. The number of rotatable bonds is 2. The van der Waals surface area contributed by atoms with Gasteiger partial charge in [-0.05, 0) is 12.1 Å². The number of halogens is 4. The first-order valence-electron chi connectivity index (χ1n) is 5.38. The number of fused-ring (bicyclic) bond motifs is 1. The molecular formula is C10H4ClF3N6S. The van der Waals surface area contributed by atoms with Gasteiger partial charge in [0.2, 0.25) is 10.1 Å². The van der Waals surface area contributed by atoms with E-state index in [1.807, 2.05) is 0 Å². The van der Waals surface area contributed by atoms with Crippen LogP contribution < -0.4 is 5.32 Å². The predicted octanol–water partition coefficient (Wildman–Crippen LogP) is 3.29. The van der Waals surface area contributed by atoms with Crippen molar-refractivity contribution >= 4 is 44.9 Å². The van der Waals surface area contributed by atoms with Gasteiger partial charge in [-0.3, -0.25) is 0 Å². The molecule has 0 aliphatic carbocycles. The molecule has 0 atom stereocenters. The van der Waals surface area contributed by atoms with Gasteiger partial charge in [0, 0.05) is 0 Å². The lowest BCUT2D eigenvalue weighted by Crippen LogP contribution is -2.03.